The van der Waals surface area contributed by atoms with E-state index in [1.807, 2.05) is 39.0 Å². The Morgan fingerprint density at radius 3 is 2.81 bits per heavy atom. The highest BCUT2D eigenvalue weighted by Gasteiger charge is 2.23. The number of ether oxygens (including phenoxy) is 1. The van der Waals surface area contributed by atoms with Gasteiger partial charge >= 0.3 is 0 Å². The first-order chi connectivity index (χ1) is 12.5. The Labute approximate surface area is 154 Å². The summed E-state index contributed by atoms with van der Waals surface area (Å²) in [7, 11) is 0. The molecule has 1 aliphatic rings. The van der Waals surface area contributed by atoms with Gasteiger partial charge in [0.05, 0.1) is 6.10 Å². The minimum Gasteiger partial charge on any atom is -0.491 e. The van der Waals surface area contributed by atoms with E-state index in [1.165, 1.54) is 17.5 Å². The number of hydrogen-bond donors (Lipinski definition) is 0. The largest absolute Gasteiger partial charge is 0.491 e. The van der Waals surface area contributed by atoms with Gasteiger partial charge in [0, 0.05) is 11.1 Å². The van der Waals surface area contributed by atoms with Crippen LogP contribution in [0.1, 0.15) is 49.8 Å². The fraction of sp³-hybridized carbons (Fsp3) is 0.364. The molecule has 0 N–H and O–H groups in total. The number of aromatic nitrogens is 2. The maximum absolute atomic E-state index is 5.80. The smallest absolute Gasteiger partial charge is 0.258 e. The summed E-state index contributed by atoms with van der Waals surface area (Å²) in [4.78, 5) is 4.67. The standard InChI is InChI=1S/C22H24N2O2/c1-13(2)25-20-11-9-16(12-15(20)4)22-23-21(24-26-22)19-7-5-6-17-14(3)8-10-18(17)19/h5-7,9,11-14H,8,10H2,1-4H3. The average Bonchev–Trinajstić information content (AvgIpc) is 3.24. The topological polar surface area (TPSA) is 48.2 Å². The van der Waals surface area contributed by atoms with Crippen molar-refractivity contribution in [2.24, 2.45) is 0 Å². The molecule has 0 fully saturated rings. The van der Waals surface area contributed by atoms with E-state index >= 15 is 0 Å². The van der Waals surface area contributed by atoms with Crippen molar-refractivity contribution in [1.82, 2.24) is 10.1 Å². The molecule has 4 heteroatoms. The molecule has 0 bridgehead atoms. The van der Waals surface area contributed by atoms with Crippen molar-refractivity contribution in [2.45, 2.75) is 52.6 Å². The van der Waals surface area contributed by atoms with E-state index in [0.29, 0.717) is 17.6 Å². The van der Waals surface area contributed by atoms with E-state index in [2.05, 4.69) is 35.3 Å². The quantitative estimate of drug-likeness (QED) is 0.620. The zero-order valence-corrected chi connectivity index (χ0v) is 15.7. The first-order valence-electron chi connectivity index (χ1n) is 9.26. The summed E-state index contributed by atoms with van der Waals surface area (Å²) in [5.74, 6) is 2.71. The molecule has 1 atom stereocenters. The lowest BCUT2D eigenvalue weighted by Crippen LogP contribution is -2.06. The summed E-state index contributed by atoms with van der Waals surface area (Å²) in [6.45, 7) is 8.36. The van der Waals surface area contributed by atoms with E-state index in [0.717, 1.165) is 28.9 Å². The van der Waals surface area contributed by atoms with Crippen LogP contribution in [0.25, 0.3) is 22.8 Å². The first kappa shape index (κ1) is 16.8. The molecule has 0 aliphatic heterocycles. The van der Waals surface area contributed by atoms with Crippen molar-refractivity contribution < 1.29 is 9.26 Å². The maximum Gasteiger partial charge on any atom is 0.258 e. The molecule has 0 radical (unpaired) electrons. The summed E-state index contributed by atoms with van der Waals surface area (Å²) >= 11 is 0. The van der Waals surface area contributed by atoms with Crippen molar-refractivity contribution in [1.29, 1.82) is 0 Å². The van der Waals surface area contributed by atoms with Gasteiger partial charge in [0.15, 0.2) is 0 Å². The molecule has 4 nitrogen and oxygen atoms in total. The fourth-order valence-corrected chi connectivity index (χ4v) is 3.69. The SMILES string of the molecule is Cc1cc(-c2nc(-c3cccc4c3CCC4C)no2)ccc1OC(C)C. The Morgan fingerprint density at radius 1 is 1.19 bits per heavy atom. The predicted molar refractivity (Wildman–Crippen MR) is 102 cm³/mol. The molecule has 0 saturated heterocycles. The maximum atomic E-state index is 5.80. The minimum atomic E-state index is 0.150. The number of benzene rings is 2. The van der Waals surface area contributed by atoms with Crippen LogP contribution in [0.2, 0.25) is 0 Å². The third kappa shape index (κ3) is 3.00. The van der Waals surface area contributed by atoms with Crippen LogP contribution in [-0.4, -0.2) is 16.2 Å². The van der Waals surface area contributed by atoms with Crippen molar-refractivity contribution in [3.05, 3.63) is 53.1 Å². The summed E-state index contributed by atoms with van der Waals surface area (Å²) < 4.78 is 11.4. The second kappa shape index (κ2) is 6.60. The minimum absolute atomic E-state index is 0.150. The van der Waals surface area contributed by atoms with Gasteiger partial charge in [-0.3, -0.25) is 0 Å². The number of hydrogen-bond acceptors (Lipinski definition) is 4. The van der Waals surface area contributed by atoms with E-state index < -0.39 is 0 Å². The zero-order chi connectivity index (χ0) is 18.3. The van der Waals surface area contributed by atoms with Gasteiger partial charge in [-0.2, -0.15) is 4.98 Å². The second-order valence-electron chi connectivity index (χ2n) is 7.38. The Balaban J connectivity index is 1.67. The van der Waals surface area contributed by atoms with Crippen LogP contribution in [-0.2, 0) is 6.42 Å². The van der Waals surface area contributed by atoms with Crippen LogP contribution >= 0.6 is 0 Å². The molecule has 26 heavy (non-hydrogen) atoms. The van der Waals surface area contributed by atoms with E-state index in [1.54, 1.807) is 0 Å². The van der Waals surface area contributed by atoms with Gasteiger partial charge in [-0.1, -0.05) is 30.3 Å². The molecular formula is C22H24N2O2. The van der Waals surface area contributed by atoms with E-state index in [9.17, 15) is 0 Å². The van der Waals surface area contributed by atoms with Gasteiger partial charge in [0.25, 0.3) is 5.89 Å². The van der Waals surface area contributed by atoms with Gasteiger partial charge in [-0.05, 0) is 74.4 Å². The molecule has 3 aromatic rings. The Kier molecular flexibility index (Phi) is 4.27. The molecule has 134 valence electrons. The van der Waals surface area contributed by atoms with Gasteiger partial charge in [0.1, 0.15) is 5.75 Å². The second-order valence-corrected chi connectivity index (χ2v) is 7.38. The molecule has 1 unspecified atom stereocenters. The summed E-state index contributed by atoms with van der Waals surface area (Å²) in [6.07, 6.45) is 2.42. The number of nitrogens with zero attached hydrogens (tertiary/aromatic N) is 2. The lowest BCUT2D eigenvalue weighted by atomic mass is 9.99. The highest BCUT2D eigenvalue weighted by atomic mass is 16.5. The molecular weight excluding hydrogens is 324 g/mol. The van der Waals surface area contributed by atoms with Gasteiger partial charge in [-0.15, -0.1) is 0 Å². The third-order valence-electron chi connectivity index (χ3n) is 5.02. The third-order valence-corrected chi connectivity index (χ3v) is 5.02. The molecule has 0 saturated carbocycles. The molecule has 0 amide bonds. The Morgan fingerprint density at radius 2 is 2.04 bits per heavy atom. The highest BCUT2D eigenvalue weighted by Crippen LogP contribution is 2.38. The van der Waals surface area contributed by atoms with Crippen LogP contribution in [0.5, 0.6) is 5.75 Å². The highest BCUT2D eigenvalue weighted by molar-refractivity contribution is 5.66. The molecule has 1 aromatic heterocycles. The van der Waals surface area contributed by atoms with Crippen molar-refractivity contribution in [3.8, 4) is 28.6 Å². The molecule has 4 rings (SSSR count). The van der Waals surface area contributed by atoms with Gasteiger partial charge < -0.3 is 9.26 Å². The zero-order valence-electron chi connectivity index (χ0n) is 15.7. The average molecular weight is 348 g/mol. The van der Waals surface area contributed by atoms with Gasteiger partial charge in [-0.25, -0.2) is 0 Å². The van der Waals surface area contributed by atoms with Crippen molar-refractivity contribution in [3.63, 3.8) is 0 Å². The van der Waals surface area contributed by atoms with Crippen LogP contribution in [0, 0.1) is 6.92 Å². The van der Waals surface area contributed by atoms with Gasteiger partial charge in [0.2, 0.25) is 5.82 Å². The van der Waals surface area contributed by atoms with Crippen molar-refractivity contribution in [2.75, 3.05) is 0 Å². The van der Waals surface area contributed by atoms with Crippen LogP contribution in [0.15, 0.2) is 40.9 Å². The van der Waals surface area contributed by atoms with Crippen LogP contribution in [0.4, 0.5) is 0 Å². The molecule has 0 spiro atoms. The lowest BCUT2D eigenvalue weighted by molar-refractivity contribution is 0.241. The van der Waals surface area contributed by atoms with Crippen LogP contribution < -0.4 is 4.74 Å². The summed E-state index contributed by atoms with van der Waals surface area (Å²) in [6, 6.07) is 12.4. The van der Waals surface area contributed by atoms with E-state index in [4.69, 9.17) is 9.26 Å². The van der Waals surface area contributed by atoms with Crippen molar-refractivity contribution >= 4 is 0 Å². The summed E-state index contributed by atoms with van der Waals surface area (Å²) in [5.41, 5.74) is 5.85. The molecule has 1 aliphatic carbocycles. The number of fused-ring (bicyclic) bond motifs is 1. The fourth-order valence-electron chi connectivity index (χ4n) is 3.69. The van der Waals surface area contributed by atoms with E-state index in [-0.39, 0.29) is 6.10 Å². The number of rotatable bonds is 4. The molecule has 2 aromatic carbocycles. The molecule has 1 heterocycles. The van der Waals surface area contributed by atoms with Crippen LogP contribution in [0.3, 0.4) is 0 Å². The lowest BCUT2D eigenvalue weighted by Gasteiger charge is -2.12. The summed E-state index contributed by atoms with van der Waals surface area (Å²) in [5, 5.41) is 4.25. The Hall–Kier alpha value is -2.62. The first-order valence-corrected chi connectivity index (χ1v) is 9.26. The predicted octanol–water partition coefficient (Wildman–Crippen LogP) is 5.55. The monoisotopic (exact) mass is 348 g/mol. The Bertz CT molecular complexity index is 943. The number of aryl methyl sites for hydroxylation is 1. The normalized spacial score (nSPS) is 16.1.